The van der Waals surface area contributed by atoms with Gasteiger partial charge in [-0.25, -0.2) is 13.2 Å². The Kier molecular flexibility index (Phi) is 4.05. The summed E-state index contributed by atoms with van der Waals surface area (Å²) in [6.45, 7) is 1.69. The summed E-state index contributed by atoms with van der Waals surface area (Å²) in [4.78, 5) is 12.4. The SMILES string of the molecule is CCS(=O)(=O)c1ccccc1C1=C(c2ccccc2)C(=O)OC1. The van der Waals surface area contributed by atoms with Crippen LogP contribution in [0.3, 0.4) is 0 Å². The van der Waals surface area contributed by atoms with Crippen molar-refractivity contribution in [2.75, 3.05) is 12.4 Å². The molecule has 3 rings (SSSR count). The zero-order valence-corrected chi connectivity index (χ0v) is 13.5. The Morgan fingerprint density at radius 3 is 2.35 bits per heavy atom. The number of cyclic esters (lactones) is 1. The quantitative estimate of drug-likeness (QED) is 0.810. The standard InChI is InChI=1S/C18H16O4S/c1-2-23(20,21)16-11-7-6-10-14(16)15-12-22-18(19)17(15)13-8-4-3-5-9-13/h3-11H,2,12H2,1H3. The molecule has 4 nitrogen and oxygen atoms in total. The molecule has 0 saturated heterocycles. The van der Waals surface area contributed by atoms with Crippen LogP contribution in [0, 0.1) is 0 Å². The molecule has 0 bridgehead atoms. The fourth-order valence-corrected chi connectivity index (χ4v) is 3.78. The van der Waals surface area contributed by atoms with Crippen LogP contribution in [-0.4, -0.2) is 26.7 Å². The van der Waals surface area contributed by atoms with E-state index in [2.05, 4.69) is 0 Å². The Balaban J connectivity index is 2.26. The van der Waals surface area contributed by atoms with Crippen molar-refractivity contribution in [1.29, 1.82) is 0 Å². The van der Waals surface area contributed by atoms with E-state index in [1.807, 2.05) is 30.3 Å². The maximum atomic E-state index is 12.4. The highest BCUT2D eigenvalue weighted by molar-refractivity contribution is 7.91. The number of carbonyl (C=O) groups excluding carboxylic acids is 1. The van der Waals surface area contributed by atoms with Crippen molar-refractivity contribution >= 4 is 27.0 Å². The maximum Gasteiger partial charge on any atom is 0.339 e. The molecule has 1 aliphatic rings. The maximum absolute atomic E-state index is 12.4. The monoisotopic (exact) mass is 328 g/mol. The molecule has 0 saturated carbocycles. The van der Waals surface area contributed by atoms with E-state index in [9.17, 15) is 13.2 Å². The van der Waals surface area contributed by atoms with Crippen molar-refractivity contribution in [3.8, 4) is 0 Å². The van der Waals surface area contributed by atoms with Crippen molar-refractivity contribution in [3.05, 3.63) is 65.7 Å². The molecule has 0 unspecified atom stereocenters. The molecule has 5 heteroatoms. The Morgan fingerprint density at radius 2 is 1.65 bits per heavy atom. The van der Waals surface area contributed by atoms with Gasteiger partial charge < -0.3 is 4.74 Å². The van der Waals surface area contributed by atoms with Gasteiger partial charge in [-0.05, 0) is 11.6 Å². The summed E-state index contributed by atoms with van der Waals surface area (Å²) in [5, 5.41) is 0. The lowest BCUT2D eigenvalue weighted by Gasteiger charge is -2.10. The summed E-state index contributed by atoms with van der Waals surface area (Å²) in [7, 11) is -3.39. The molecule has 0 amide bonds. The van der Waals surface area contributed by atoms with E-state index >= 15 is 0 Å². The molecule has 0 spiro atoms. The molecule has 0 aliphatic carbocycles. The van der Waals surface area contributed by atoms with Crippen LogP contribution in [-0.2, 0) is 19.4 Å². The van der Waals surface area contributed by atoms with Crippen molar-refractivity contribution in [2.45, 2.75) is 11.8 Å². The molecule has 118 valence electrons. The van der Waals surface area contributed by atoms with Gasteiger partial charge in [0.1, 0.15) is 6.61 Å². The van der Waals surface area contributed by atoms with Gasteiger partial charge in [0.25, 0.3) is 0 Å². The highest BCUT2D eigenvalue weighted by atomic mass is 32.2. The molecule has 0 fully saturated rings. The first-order valence-electron chi connectivity index (χ1n) is 7.32. The van der Waals surface area contributed by atoms with Gasteiger partial charge in [-0.1, -0.05) is 55.5 Å². The van der Waals surface area contributed by atoms with E-state index < -0.39 is 15.8 Å². The molecule has 0 aromatic heterocycles. The van der Waals surface area contributed by atoms with Gasteiger partial charge in [-0.2, -0.15) is 0 Å². The minimum atomic E-state index is -3.39. The first kappa shape index (κ1) is 15.5. The number of carbonyl (C=O) groups is 1. The van der Waals surface area contributed by atoms with E-state index in [-0.39, 0.29) is 17.3 Å². The summed E-state index contributed by atoms with van der Waals surface area (Å²) in [6.07, 6.45) is 0. The molecule has 0 N–H and O–H groups in total. The third-order valence-corrected chi connectivity index (χ3v) is 5.63. The van der Waals surface area contributed by atoms with Crippen LogP contribution < -0.4 is 0 Å². The van der Waals surface area contributed by atoms with Crippen LogP contribution in [0.25, 0.3) is 11.1 Å². The predicted octanol–water partition coefficient (Wildman–Crippen LogP) is 2.95. The lowest BCUT2D eigenvalue weighted by Crippen LogP contribution is -2.07. The second-order valence-corrected chi connectivity index (χ2v) is 7.44. The van der Waals surface area contributed by atoms with Gasteiger partial charge in [0.2, 0.25) is 0 Å². The fraction of sp³-hybridized carbons (Fsp3) is 0.167. The van der Waals surface area contributed by atoms with E-state index in [0.29, 0.717) is 16.7 Å². The normalized spacial score (nSPS) is 14.9. The molecular formula is C18H16O4S. The number of ether oxygens (including phenoxy) is 1. The van der Waals surface area contributed by atoms with Gasteiger partial charge in [0, 0.05) is 11.1 Å². The molecular weight excluding hydrogens is 312 g/mol. The smallest absolute Gasteiger partial charge is 0.339 e. The summed E-state index contributed by atoms with van der Waals surface area (Å²) in [5.74, 6) is -0.415. The van der Waals surface area contributed by atoms with Gasteiger partial charge in [0.05, 0.1) is 16.2 Å². The van der Waals surface area contributed by atoms with Gasteiger partial charge >= 0.3 is 5.97 Å². The van der Waals surface area contributed by atoms with E-state index in [1.54, 1.807) is 31.2 Å². The highest BCUT2D eigenvalue weighted by Crippen LogP contribution is 2.35. The number of benzene rings is 2. The van der Waals surface area contributed by atoms with Crippen LogP contribution in [0.4, 0.5) is 0 Å². The summed E-state index contributed by atoms with van der Waals surface area (Å²) in [6, 6.07) is 15.9. The average Bonchev–Trinajstić information content (AvgIpc) is 2.97. The molecule has 2 aromatic carbocycles. The minimum Gasteiger partial charge on any atom is -0.457 e. The predicted molar refractivity (Wildman–Crippen MR) is 88.4 cm³/mol. The zero-order valence-electron chi connectivity index (χ0n) is 12.7. The third kappa shape index (κ3) is 2.80. The second kappa shape index (κ2) is 6.01. The molecule has 0 atom stereocenters. The first-order valence-corrected chi connectivity index (χ1v) is 8.97. The largest absolute Gasteiger partial charge is 0.457 e. The Bertz CT molecular complexity index is 880. The summed E-state index contributed by atoms with van der Waals surface area (Å²) in [5.41, 5.74) is 2.32. The van der Waals surface area contributed by atoms with Crippen LogP contribution in [0.2, 0.25) is 0 Å². The van der Waals surface area contributed by atoms with Gasteiger partial charge in [0.15, 0.2) is 9.84 Å². The van der Waals surface area contributed by atoms with E-state index in [1.165, 1.54) is 0 Å². The van der Waals surface area contributed by atoms with Gasteiger partial charge in [-0.3, -0.25) is 0 Å². The lowest BCUT2D eigenvalue weighted by atomic mass is 9.97. The number of rotatable bonds is 4. The van der Waals surface area contributed by atoms with Crippen LogP contribution in [0.1, 0.15) is 18.1 Å². The minimum absolute atomic E-state index is 0.00671. The number of hydrogen-bond acceptors (Lipinski definition) is 4. The molecule has 2 aromatic rings. The van der Waals surface area contributed by atoms with Crippen LogP contribution >= 0.6 is 0 Å². The van der Waals surface area contributed by atoms with E-state index in [0.717, 1.165) is 5.56 Å². The summed E-state index contributed by atoms with van der Waals surface area (Å²) < 4.78 is 29.9. The summed E-state index contributed by atoms with van der Waals surface area (Å²) >= 11 is 0. The van der Waals surface area contributed by atoms with Gasteiger partial charge in [-0.15, -0.1) is 0 Å². The fourth-order valence-electron chi connectivity index (χ4n) is 2.66. The molecule has 23 heavy (non-hydrogen) atoms. The second-order valence-electron chi connectivity index (χ2n) is 5.20. The molecule has 1 heterocycles. The lowest BCUT2D eigenvalue weighted by molar-refractivity contribution is -0.133. The number of esters is 1. The zero-order chi connectivity index (χ0) is 16.4. The van der Waals surface area contributed by atoms with Crippen molar-refractivity contribution in [3.63, 3.8) is 0 Å². The Hall–Kier alpha value is -2.40. The van der Waals surface area contributed by atoms with Crippen molar-refractivity contribution in [1.82, 2.24) is 0 Å². The average molecular weight is 328 g/mol. The van der Waals surface area contributed by atoms with Crippen molar-refractivity contribution < 1.29 is 17.9 Å². The molecule has 0 radical (unpaired) electrons. The van der Waals surface area contributed by atoms with Crippen LogP contribution in [0.15, 0.2) is 59.5 Å². The number of hydrogen-bond donors (Lipinski definition) is 0. The Morgan fingerprint density at radius 1 is 1.00 bits per heavy atom. The topological polar surface area (TPSA) is 60.4 Å². The number of sulfone groups is 1. The third-order valence-electron chi connectivity index (χ3n) is 3.84. The first-order chi connectivity index (χ1) is 11.0. The van der Waals surface area contributed by atoms with Crippen LogP contribution in [0.5, 0.6) is 0 Å². The Labute approximate surface area is 135 Å². The van der Waals surface area contributed by atoms with Crippen molar-refractivity contribution in [2.24, 2.45) is 0 Å². The van der Waals surface area contributed by atoms with E-state index in [4.69, 9.17) is 4.74 Å². The molecule has 1 aliphatic heterocycles. The highest BCUT2D eigenvalue weighted by Gasteiger charge is 2.30.